The number of hydrogen-bond donors (Lipinski definition) is 3. The minimum atomic E-state index is -0.851. The number of rotatable bonds is 48. The molecule has 1 amide bonds. The first-order valence-electron chi connectivity index (χ1n) is 26.3. The first kappa shape index (κ1) is 58.1. The van der Waals surface area contributed by atoms with Gasteiger partial charge in [0.2, 0.25) is 5.91 Å². The molecular weight excluding hydrogens is 743 g/mol. The van der Waals surface area contributed by atoms with Gasteiger partial charge in [0.15, 0.2) is 0 Å². The van der Waals surface area contributed by atoms with E-state index in [1.807, 2.05) is 6.08 Å². The van der Waals surface area contributed by atoms with Crippen LogP contribution in [0.5, 0.6) is 0 Å². The Morgan fingerprint density at radius 1 is 0.450 bits per heavy atom. The van der Waals surface area contributed by atoms with Gasteiger partial charge in [0, 0.05) is 12.8 Å². The molecule has 0 spiro atoms. The smallest absolute Gasteiger partial charge is 0.305 e. The first-order valence-corrected chi connectivity index (χ1v) is 26.3. The van der Waals surface area contributed by atoms with Crippen molar-refractivity contribution in [1.82, 2.24) is 5.32 Å². The topological polar surface area (TPSA) is 95.9 Å². The van der Waals surface area contributed by atoms with Crippen LogP contribution in [0.25, 0.3) is 0 Å². The monoisotopic (exact) mass is 844 g/mol. The summed E-state index contributed by atoms with van der Waals surface area (Å²) in [5.41, 5.74) is 0. The Bertz CT molecular complexity index is 977. The Labute approximate surface area is 373 Å². The zero-order valence-corrected chi connectivity index (χ0v) is 39.9. The van der Waals surface area contributed by atoms with Crippen LogP contribution in [0.1, 0.15) is 271 Å². The lowest BCUT2D eigenvalue weighted by molar-refractivity contribution is -0.143. The molecule has 2 atom stereocenters. The van der Waals surface area contributed by atoms with Crippen molar-refractivity contribution in [3.05, 3.63) is 36.5 Å². The molecule has 0 aliphatic rings. The number of allylic oxidation sites excluding steroid dienone is 5. The van der Waals surface area contributed by atoms with Crippen molar-refractivity contribution in [3.8, 4) is 0 Å². The van der Waals surface area contributed by atoms with Crippen LogP contribution in [-0.4, -0.2) is 47.4 Å². The number of hydrogen-bond acceptors (Lipinski definition) is 5. The predicted molar refractivity (Wildman–Crippen MR) is 259 cm³/mol. The van der Waals surface area contributed by atoms with Gasteiger partial charge in [0.25, 0.3) is 0 Å². The van der Waals surface area contributed by atoms with E-state index in [1.165, 1.54) is 180 Å². The average Bonchev–Trinajstić information content (AvgIpc) is 3.25. The molecule has 0 radical (unpaired) electrons. The second-order valence-electron chi connectivity index (χ2n) is 17.8. The summed E-state index contributed by atoms with van der Waals surface area (Å²) in [5, 5.41) is 22.9. The molecule has 0 aromatic heterocycles. The molecule has 2 unspecified atom stereocenters. The van der Waals surface area contributed by atoms with E-state index in [4.69, 9.17) is 4.74 Å². The summed E-state index contributed by atoms with van der Waals surface area (Å²) >= 11 is 0. The van der Waals surface area contributed by atoms with E-state index in [0.717, 1.165) is 64.2 Å². The molecule has 0 aromatic carbocycles. The number of aliphatic hydroxyl groups excluding tert-OH is 2. The lowest BCUT2D eigenvalue weighted by atomic mass is 10.1. The maximum absolute atomic E-state index is 12.4. The van der Waals surface area contributed by atoms with Crippen LogP contribution >= 0.6 is 0 Å². The van der Waals surface area contributed by atoms with Gasteiger partial charge in [-0.2, -0.15) is 0 Å². The van der Waals surface area contributed by atoms with E-state index in [-0.39, 0.29) is 18.5 Å². The van der Waals surface area contributed by atoms with Crippen LogP contribution in [-0.2, 0) is 14.3 Å². The number of ether oxygens (including phenoxy) is 1. The van der Waals surface area contributed by atoms with Gasteiger partial charge in [-0.3, -0.25) is 9.59 Å². The molecule has 0 fully saturated rings. The summed E-state index contributed by atoms with van der Waals surface area (Å²) in [6.45, 7) is 4.85. The van der Waals surface area contributed by atoms with Gasteiger partial charge in [0.05, 0.1) is 25.4 Å². The Hall–Kier alpha value is -1.92. The third-order valence-electron chi connectivity index (χ3n) is 11.9. The molecule has 6 nitrogen and oxygen atoms in total. The minimum absolute atomic E-state index is 0.00662. The van der Waals surface area contributed by atoms with Crippen molar-refractivity contribution >= 4 is 11.9 Å². The van der Waals surface area contributed by atoms with Gasteiger partial charge in [-0.25, -0.2) is 0 Å². The molecule has 3 N–H and O–H groups in total. The highest BCUT2D eigenvalue weighted by molar-refractivity contribution is 5.76. The zero-order valence-electron chi connectivity index (χ0n) is 39.9. The fraction of sp³-hybridized carbons (Fsp3) is 0.852. The average molecular weight is 844 g/mol. The standard InChI is InChI=1S/C54H101NO5/c1-3-5-7-9-11-13-15-16-21-25-28-32-36-40-44-48-54(59)60-49-45-41-37-33-29-26-23-20-18-17-19-22-24-27-31-35-39-43-47-53(58)55-51(50-56)52(57)46-42-38-34-30-14-12-10-8-6-4-2/h16,19,21-22,42,46,51-52,56-57H,3-15,17-18,20,23-41,43-45,47-50H2,1-2H3,(H,55,58)/b21-16-,22-19-,46-42+. The van der Waals surface area contributed by atoms with Gasteiger partial charge in [-0.1, -0.05) is 211 Å². The van der Waals surface area contributed by atoms with E-state index in [2.05, 4.69) is 43.5 Å². The van der Waals surface area contributed by atoms with Crippen molar-refractivity contribution < 1.29 is 24.5 Å². The quantitative estimate of drug-likeness (QED) is 0.0322. The highest BCUT2D eigenvalue weighted by atomic mass is 16.5. The van der Waals surface area contributed by atoms with Crippen molar-refractivity contribution in [1.29, 1.82) is 0 Å². The number of unbranched alkanes of at least 4 members (excludes halogenated alkanes) is 33. The van der Waals surface area contributed by atoms with Crippen LogP contribution in [0.2, 0.25) is 0 Å². The number of carbonyl (C=O) groups is 2. The molecule has 352 valence electrons. The maximum Gasteiger partial charge on any atom is 0.305 e. The molecule has 0 bridgehead atoms. The summed E-state index contributed by atoms with van der Waals surface area (Å²) < 4.78 is 5.46. The van der Waals surface area contributed by atoms with E-state index in [9.17, 15) is 19.8 Å². The van der Waals surface area contributed by atoms with Crippen LogP contribution in [0.15, 0.2) is 36.5 Å². The van der Waals surface area contributed by atoms with Gasteiger partial charge in [-0.15, -0.1) is 0 Å². The molecule has 0 saturated heterocycles. The van der Waals surface area contributed by atoms with Gasteiger partial charge >= 0.3 is 5.97 Å². The zero-order chi connectivity index (χ0) is 43.7. The van der Waals surface area contributed by atoms with E-state index in [0.29, 0.717) is 19.4 Å². The lowest BCUT2D eigenvalue weighted by Gasteiger charge is -2.20. The van der Waals surface area contributed by atoms with Crippen LogP contribution in [0, 0.1) is 0 Å². The molecular formula is C54H101NO5. The second kappa shape index (κ2) is 49.7. The Morgan fingerprint density at radius 3 is 1.18 bits per heavy atom. The number of aliphatic hydroxyl groups is 2. The maximum atomic E-state index is 12.4. The Kier molecular flexibility index (Phi) is 48.1. The van der Waals surface area contributed by atoms with E-state index >= 15 is 0 Å². The van der Waals surface area contributed by atoms with Crippen LogP contribution < -0.4 is 5.32 Å². The molecule has 0 heterocycles. The Morgan fingerprint density at radius 2 is 0.783 bits per heavy atom. The summed E-state index contributed by atoms with van der Waals surface area (Å²) in [6, 6.07) is -0.636. The summed E-state index contributed by atoms with van der Waals surface area (Å²) in [5.74, 6) is -0.0919. The number of amides is 1. The van der Waals surface area contributed by atoms with Crippen molar-refractivity contribution in [2.24, 2.45) is 0 Å². The first-order chi connectivity index (χ1) is 29.5. The fourth-order valence-corrected chi connectivity index (χ4v) is 7.80. The minimum Gasteiger partial charge on any atom is -0.466 e. The predicted octanol–water partition coefficient (Wildman–Crippen LogP) is 15.7. The number of carbonyl (C=O) groups excluding carboxylic acids is 2. The molecule has 0 aliphatic carbocycles. The van der Waals surface area contributed by atoms with Crippen LogP contribution in [0.4, 0.5) is 0 Å². The third kappa shape index (κ3) is 45.6. The lowest BCUT2D eigenvalue weighted by Crippen LogP contribution is -2.45. The van der Waals surface area contributed by atoms with Crippen molar-refractivity contribution in [2.75, 3.05) is 13.2 Å². The molecule has 0 aromatic rings. The highest BCUT2D eigenvalue weighted by Crippen LogP contribution is 2.15. The van der Waals surface area contributed by atoms with E-state index < -0.39 is 12.1 Å². The fourth-order valence-electron chi connectivity index (χ4n) is 7.80. The molecule has 0 aliphatic heterocycles. The second-order valence-corrected chi connectivity index (χ2v) is 17.8. The molecule has 60 heavy (non-hydrogen) atoms. The SMILES string of the molecule is CCCCCCCC/C=C\CCCCCCCC(=O)OCCCCCCCCCCC/C=C\CCCCCCCC(=O)NC(CO)C(O)/C=C/CCCCCCCCCC. The summed E-state index contributed by atoms with van der Waals surface area (Å²) in [7, 11) is 0. The highest BCUT2D eigenvalue weighted by Gasteiger charge is 2.18. The molecule has 0 rings (SSSR count). The Balaban J connectivity index is 3.46. The van der Waals surface area contributed by atoms with E-state index in [1.54, 1.807) is 6.08 Å². The molecule has 0 saturated carbocycles. The van der Waals surface area contributed by atoms with Crippen molar-refractivity contribution in [2.45, 2.75) is 283 Å². The van der Waals surface area contributed by atoms with Crippen molar-refractivity contribution in [3.63, 3.8) is 0 Å². The summed E-state index contributed by atoms with van der Waals surface area (Å²) in [4.78, 5) is 24.4. The van der Waals surface area contributed by atoms with Gasteiger partial charge in [-0.05, 0) is 83.5 Å². The number of esters is 1. The van der Waals surface area contributed by atoms with Gasteiger partial charge in [0.1, 0.15) is 0 Å². The third-order valence-corrected chi connectivity index (χ3v) is 11.9. The molecule has 6 heteroatoms. The largest absolute Gasteiger partial charge is 0.466 e. The van der Waals surface area contributed by atoms with Crippen LogP contribution in [0.3, 0.4) is 0 Å². The van der Waals surface area contributed by atoms with Gasteiger partial charge < -0.3 is 20.3 Å². The number of nitrogens with one attached hydrogen (secondary N) is 1. The summed E-state index contributed by atoms with van der Waals surface area (Å²) in [6.07, 6.45) is 60.1. The normalized spacial score (nSPS) is 12.9.